The zero-order valence-corrected chi connectivity index (χ0v) is 23.5. The number of rotatable bonds is 17. The van der Waals surface area contributed by atoms with Gasteiger partial charge in [0, 0.05) is 35.9 Å². The molecule has 1 aliphatic heterocycles. The standard InChI is InChI=1S/C30H44N2O6/c1-5-37-29(35)26-22(3)31-23(4)27(30(36)38-6-2)28(26)24-17-16-20-32(21-24)19-15-13-11-9-7-8-10-12-14-18-25(33)34/h16-17,20-21,28H,5-15,18-19H2,1-4H3,(H-,31,33,34,35,36)/p+1. The normalized spacial score (nSPS) is 13.9. The van der Waals surface area contributed by atoms with Gasteiger partial charge in [-0.25, -0.2) is 14.2 Å². The second-order valence-corrected chi connectivity index (χ2v) is 9.78. The number of aromatic nitrogens is 1. The van der Waals surface area contributed by atoms with Crippen LogP contribution in [0.4, 0.5) is 0 Å². The fourth-order valence-corrected chi connectivity index (χ4v) is 4.95. The first kappa shape index (κ1) is 31.1. The molecule has 0 unspecified atom stereocenters. The van der Waals surface area contributed by atoms with Crippen molar-refractivity contribution in [2.24, 2.45) is 0 Å². The Morgan fingerprint density at radius 3 is 1.84 bits per heavy atom. The highest BCUT2D eigenvalue weighted by Gasteiger charge is 2.38. The number of allylic oxidation sites excluding steroid dienone is 2. The first-order valence-corrected chi connectivity index (χ1v) is 14.0. The number of carboxylic acids is 1. The molecular weight excluding hydrogens is 484 g/mol. The average Bonchev–Trinajstić information content (AvgIpc) is 2.87. The van der Waals surface area contributed by atoms with Crippen LogP contribution in [0.15, 0.2) is 47.1 Å². The molecule has 0 radical (unpaired) electrons. The Hall–Kier alpha value is -3.16. The summed E-state index contributed by atoms with van der Waals surface area (Å²) in [6.07, 6.45) is 14.1. The summed E-state index contributed by atoms with van der Waals surface area (Å²) in [5.41, 5.74) is 3.07. The van der Waals surface area contributed by atoms with E-state index in [1.54, 1.807) is 13.8 Å². The van der Waals surface area contributed by atoms with E-state index in [1.807, 2.05) is 38.4 Å². The van der Waals surface area contributed by atoms with Crippen molar-refractivity contribution < 1.29 is 33.5 Å². The van der Waals surface area contributed by atoms with Gasteiger partial charge in [-0.05, 0) is 46.6 Å². The molecule has 210 valence electrons. The van der Waals surface area contributed by atoms with E-state index >= 15 is 0 Å². The number of carbonyl (C=O) groups excluding carboxylic acids is 2. The molecule has 1 aromatic heterocycles. The van der Waals surface area contributed by atoms with E-state index in [9.17, 15) is 14.4 Å². The van der Waals surface area contributed by atoms with E-state index in [-0.39, 0.29) is 19.6 Å². The summed E-state index contributed by atoms with van der Waals surface area (Å²) in [5, 5.41) is 11.9. The first-order valence-electron chi connectivity index (χ1n) is 14.0. The summed E-state index contributed by atoms with van der Waals surface area (Å²) in [6, 6.07) is 3.90. The fourth-order valence-electron chi connectivity index (χ4n) is 4.95. The number of nitrogens with zero attached hydrogens (tertiary/aromatic N) is 1. The number of aryl methyl sites for hydroxylation is 1. The second kappa shape index (κ2) is 16.6. The topological polar surface area (TPSA) is 106 Å². The number of ether oxygens (including phenoxy) is 2. The molecule has 0 saturated heterocycles. The molecule has 0 spiro atoms. The molecule has 2 N–H and O–H groups in total. The van der Waals surface area contributed by atoms with Crippen molar-refractivity contribution in [1.29, 1.82) is 0 Å². The van der Waals surface area contributed by atoms with Gasteiger partial charge in [0.25, 0.3) is 0 Å². The molecule has 2 heterocycles. The van der Waals surface area contributed by atoms with Crippen LogP contribution in [0.25, 0.3) is 0 Å². The minimum atomic E-state index is -0.707. The number of pyridine rings is 1. The molecule has 0 atom stereocenters. The summed E-state index contributed by atoms with van der Waals surface area (Å²) in [6.45, 7) is 8.55. The number of esters is 2. The third kappa shape index (κ3) is 9.62. The van der Waals surface area contributed by atoms with Crippen molar-refractivity contribution in [3.63, 3.8) is 0 Å². The minimum Gasteiger partial charge on any atom is -0.481 e. The Kier molecular flexibility index (Phi) is 13.6. The number of carbonyl (C=O) groups is 3. The van der Waals surface area contributed by atoms with Gasteiger partial charge in [-0.1, -0.05) is 38.5 Å². The predicted molar refractivity (Wildman–Crippen MR) is 145 cm³/mol. The van der Waals surface area contributed by atoms with E-state index in [4.69, 9.17) is 14.6 Å². The Balaban J connectivity index is 2.01. The van der Waals surface area contributed by atoms with Crippen molar-refractivity contribution in [2.75, 3.05) is 13.2 Å². The van der Waals surface area contributed by atoms with Gasteiger partial charge in [-0.15, -0.1) is 0 Å². The lowest BCUT2D eigenvalue weighted by Gasteiger charge is -2.29. The zero-order chi connectivity index (χ0) is 27.9. The van der Waals surface area contributed by atoms with Gasteiger partial charge in [0.15, 0.2) is 12.4 Å². The van der Waals surface area contributed by atoms with Crippen LogP contribution < -0.4 is 9.88 Å². The highest BCUT2D eigenvalue weighted by atomic mass is 16.5. The molecule has 0 fully saturated rings. The maximum Gasteiger partial charge on any atom is 0.336 e. The third-order valence-corrected chi connectivity index (χ3v) is 6.77. The third-order valence-electron chi connectivity index (χ3n) is 6.77. The number of hydrogen-bond acceptors (Lipinski definition) is 6. The van der Waals surface area contributed by atoms with E-state index in [2.05, 4.69) is 9.88 Å². The van der Waals surface area contributed by atoms with Crippen molar-refractivity contribution >= 4 is 17.9 Å². The molecule has 1 aromatic rings. The van der Waals surface area contributed by atoms with Crippen LogP contribution in [-0.2, 0) is 30.4 Å². The quantitative estimate of drug-likeness (QED) is 0.160. The van der Waals surface area contributed by atoms with Crippen molar-refractivity contribution in [3.05, 3.63) is 52.6 Å². The molecule has 2 rings (SSSR count). The molecule has 0 saturated carbocycles. The van der Waals surface area contributed by atoms with E-state index in [0.717, 1.165) is 50.6 Å². The van der Waals surface area contributed by atoms with Crippen LogP contribution in [0.5, 0.6) is 0 Å². The van der Waals surface area contributed by atoms with Crippen molar-refractivity contribution in [3.8, 4) is 0 Å². The zero-order valence-electron chi connectivity index (χ0n) is 23.5. The van der Waals surface area contributed by atoms with E-state index < -0.39 is 23.8 Å². The molecule has 1 aliphatic rings. The monoisotopic (exact) mass is 529 g/mol. The largest absolute Gasteiger partial charge is 0.481 e. The van der Waals surface area contributed by atoms with E-state index in [0.29, 0.717) is 22.5 Å². The predicted octanol–water partition coefficient (Wildman–Crippen LogP) is 5.32. The van der Waals surface area contributed by atoms with Gasteiger partial charge >= 0.3 is 17.9 Å². The molecule has 8 heteroatoms. The number of carboxylic acid groups (broad SMARTS) is 1. The van der Waals surface area contributed by atoms with Crippen LogP contribution in [0.1, 0.15) is 103 Å². The van der Waals surface area contributed by atoms with Gasteiger partial charge in [-0.2, -0.15) is 0 Å². The number of dihydropyridines is 1. The van der Waals surface area contributed by atoms with E-state index in [1.165, 1.54) is 19.3 Å². The highest BCUT2D eigenvalue weighted by molar-refractivity contribution is 5.99. The lowest BCUT2D eigenvalue weighted by atomic mass is 9.81. The molecule has 0 aliphatic carbocycles. The number of aliphatic carboxylic acids is 1. The maximum absolute atomic E-state index is 13.0. The van der Waals surface area contributed by atoms with Crippen LogP contribution in [0.3, 0.4) is 0 Å². The summed E-state index contributed by atoms with van der Waals surface area (Å²) < 4.78 is 12.8. The number of unbranched alkanes of at least 4 members (excludes halogenated alkanes) is 8. The van der Waals surface area contributed by atoms with Gasteiger partial charge in [0.1, 0.15) is 6.54 Å². The van der Waals surface area contributed by atoms with Gasteiger partial charge in [-0.3, -0.25) is 4.79 Å². The van der Waals surface area contributed by atoms with Crippen LogP contribution in [-0.4, -0.2) is 36.2 Å². The fraction of sp³-hybridized carbons (Fsp3) is 0.600. The molecule has 8 nitrogen and oxygen atoms in total. The van der Waals surface area contributed by atoms with Crippen LogP contribution in [0, 0.1) is 0 Å². The highest BCUT2D eigenvalue weighted by Crippen LogP contribution is 2.38. The average molecular weight is 530 g/mol. The Bertz CT molecular complexity index is 974. The number of nitrogens with one attached hydrogen (secondary N) is 1. The molecule has 0 amide bonds. The SMILES string of the molecule is CCOC(=O)C1=C(C)NC(C)=C(C(=O)OCC)C1c1ccc[n+](CCCCCCCCCCCC(=O)O)c1. The van der Waals surface area contributed by atoms with Gasteiger partial charge in [0.2, 0.25) is 0 Å². The van der Waals surface area contributed by atoms with Crippen molar-refractivity contribution in [2.45, 2.75) is 104 Å². The lowest BCUT2D eigenvalue weighted by Crippen LogP contribution is -2.36. The minimum absolute atomic E-state index is 0.249. The van der Waals surface area contributed by atoms with Crippen molar-refractivity contribution in [1.82, 2.24) is 5.32 Å². The summed E-state index contributed by atoms with van der Waals surface area (Å²) in [4.78, 5) is 36.5. The molecule has 38 heavy (non-hydrogen) atoms. The second-order valence-electron chi connectivity index (χ2n) is 9.78. The lowest BCUT2D eigenvalue weighted by molar-refractivity contribution is -0.697. The first-order chi connectivity index (χ1) is 18.3. The van der Waals surface area contributed by atoms with Crippen LogP contribution in [0.2, 0.25) is 0 Å². The molecular formula is C30H45N2O6+. The number of hydrogen-bond donors (Lipinski definition) is 2. The van der Waals surface area contributed by atoms with Gasteiger partial charge < -0.3 is 19.9 Å². The smallest absolute Gasteiger partial charge is 0.336 e. The van der Waals surface area contributed by atoms with Crippen LogP contribution >= 0.6 is 0 Å². The Morgan fingerprint density at radius 2 is 1.34 bits per heavy atom. The maximum atomic E-state index is 13.0. The Morgan fingerprint density at radius 1 is 0.842 bits per heavy atom. The molecule has 0 bridgehead atoms. The summed E-state index contributed by atoms with van der Waals surface area (Å²) in [5.74, 6) is -2.15. The summed E-state index contributed by atoms with van der Waals surface area (Å²) >= 11 is 0. The van der Waals surface area contributed by atoms with Gasteiger partial charge in [0.05, 0.1) is 30.3 Å². The molecule has 0 aromatic carbocycles. The summed E-state index contributed by atoms with van der Waals surface area (Å²) in [7, 11) is 0. The Labute approximate surface area is 227 Å².